The van der Waals surface area contributed by atoms with Crippen LogP contribution in [0.1, 0.15) is 11.1 Å². The summed E-state index contributed by atoms with van der Waals surface area (Å²) in [6.07, 6.45) is 5.65. The Morgan fingerprint density at radius 3 is 2.47 bits per heavy atom. The molecule has 0 aliphatic carbocycles. The first-order chi connectivity index (χ1) is 9.34. The van der Waals surface area contributed by atoms with Crippen LogP contribution < -0.4 is 5.43 Å². The first-order valence-electron chi connectivity index (χ1n) is 6.07. The van der Waals surface area contributed by atoms with Crippen molar-refractivity contribution >= 4 is 23.9 Å². The molecule has 0 radical (unpaired) electrons. The fourth-order valence-electron chi connectivity index (χ4n) is 1.55. The van der Waals surface area contributed by atoms with Crippen molar-refractivity contribution in [3.8, 4) is 0 Å². The van der Waals surface area contributed by atoms with E-state index in [9.17, 15) is 0 Å². The van der Waals surface area contributed by atoms with E-state index < -0.39 is 0 Å². The monoisotopic (exact) mass is 270 g/mol. The largest absolute Gasteiger partial charge is 0.306 e. The number of hydrogen-bond donors (Lipinski definition) is 1. The SMILES string of the molecule is Clc1ccc(CN/N=C\C=C\c2ccccc2)cc1. The summed E-state index contributed by atoms with van der Waals surface area (Å²) in [6, 6.07) is 17.8. The van der Waals surface area contributed by atoms with Gasteiger partial charge in [-0.3, -0.25) is 0 Å². The van der Waals surface area contributed by atoms with Crippen molar-refractivity contribution in [2.45, 2.75) is 6.54 Å². The highest BCUT2D eigenvalue weighted by atomic mass is 35.5. The Hall–Kier alpha value is -2.06. The van der Waals surface area contributed by atoms with Gasteiger partial charge in [-0.25, -0.2) is 0 Å². The molecule has 2 nitrogen and oxygen atoms in total. The Kier molecular flexibility index (Phi) is 5.20. The zero-order valence-electron chi connectivity index (χ0n) is 10.5. The fraction of sp³-hybridized carbons (Fsp3) is 0.0625. The molecule has 0 aliphatic rings. The fourth-order valence-corrected chi connectivity index (χ4v) is 1.68. The third-order valence-corrected chi connectivity index (χ3v) is 2.79. The summed E-state index contributed by atoms with van der Waals surface area (Å²) in [5, 5.41) is 4.86. The first kappa shape index (κ1) is 13.4. The minimum absolute atomic E-state index is 0.687. The molecule has 0 aromatic heterocycles. The van der Waals surface area contributed by atoms with Crippen molar-refractivity contribution in [1.82, 2.24) is 5.43 Å². The van der Waals surface area contributed by atoms with E-state index in [0.29, 0.717) is 6.54 Å². The van der Waals surface area contributed by atoms with Crippen LogP contribution in [0.4, 0.5) is 0 Å². The third kappa shape index (κ3) is 4.98. The molecule has 0 amide bonds. The molecular formula is C16H15ClN2. The van der Waals surface area contributed by atoms with Gasteiger partial charge < -0.3 is 5.43 Å². The van der Waals surface area contributed by atoms with Gasteiger partial charge in [-0.15, -0.1) is 0 Å². The summed E-state index contributed by atoms with van der Waals surface area (Å²) in [6.45, 7) is 0.687. The van der Waals surface area contributed by atoms with E-state index in [0.717, 1.165) is 16.1 Å². The third-order valence-electron chi connectivity index (χ3n) is 2.54. The molecular weight excluding hydrogens is 256 g/mol. The van der Waals surface area contributed by atoms with E-state index in [2.05, 4.69) is 10.5 Å². The second-order valence-corrected chi connectivity index (χ2v) is 4.45. The number of halogens is 1. The molecule has 0 fully saturated rings. The molecule has 19 heavy (non-hydrogen) atoms. The molecule has 0 unspecified atom stereocenters. The van der Waals surface area contributed by atoms with Crippen LogP contribution in [0.3, 0.4) is 0 Å². The van der Waals surface area contributed by atoms with Crippen LogP contribution in [-0.4, -0.2) is 6.21 Å². The highest BCUT2D eigenvalue weighted by Crippen LogP contribution is 2.08. The maximum Gasteiger partial charge on any atom is 0.0580 e. The summed E-state index contributed by atoms with van der Waals surface area (Å²) < 4.78 is 0. The van der Waals surface area contributed by atoms with Crippen LogP contribution in [0.2, 0.25) is 5.02 Å². The first-order valence-corrected chi connectivity index (χ1v) is 6.44. The maximum atomic E-state index is 5.81. The summed E-state index contributed by atoms with van der Waals surface area (Å²) in [5.74, 6) is 0. The van der Waals surface area contributed by atoms with E-state index in [1.54, 1.807) is 6.21 Å². The standard InChI is InChI=1S/C16H15ClN2/c17-16-10-8-15(9-11-16)13-19-18-12-4-7-14-5-2-1-3-6-14/h1-12,19H,13H2/b7-4+,18-12-. The van der Waals surface area contributed by atoms with Gasteiger partial charge in [0.05, 0.1) is 6.54 Å². The van der Waals surface area contributed by atoms with Gasteiger partial charge in [0.2, 0.25) is 0 Å². The van der Waals surface area contributed by atoms with Crippen LogP contribution >= 0.6 is 11.6 Å². The second-order valence-electron chi connectivity index (χ2n) is 4.01. The molecule has 2 rings (SSSR count). The van der Waals surface area contributed by atoms with Crippen molar-refractivity contribution in [3.05, 3.63) is 76.8 Å². The van der Waals surface area contributed by atoms with E-state index >= 15 is 0 Å². The lowest BCUT2D eigenvalue weighted by Crippen LogP contribution is -2.04. The van der Waals surface area contributed by atoms with Gasteiger partial charge in [0.15, 0.2) is 0 Å². The van der Waals surface area contributed by atoms with Gasteiger partial charge in [-0.1, -0.05) is 60.1 Å². The normalized spacial score (nSPS) is 11.2. The molecule has 0 atom stereocenters. The molecule has 96 valence electrons. The molecule has 3 heteroatoms. The highest BCUT2D eigenvalue weighted by molar-refractivity contribution is 6.30. The van der Waals surface area contributed by atoms with Crippen LogP contribution in [-0.2, 0) is 6.54 Å². The Balaban J connectivity index is 1.75. The molecule has 0 aliphatic heterocycles. The molecule has 0 spiro atoms. The Morgan fingerprint density at radius 1 is 1.00 bits per heavy atom. The average Bonchev–Trinajstić information content (AvgIpc) is 2.46. The quantitative estimate of drug-likeness (QED) is 0.641. The van der Waals surface area contributed by atoms with Crippen molar-refractivity contribution in [2.24, 2.45) is 5.10 Å². The topological polar surface area (TPSA) is 24.4 Å². The van der Waals surface area contributed by atoms with E-state index in [1.807, 2.05) is 66.7 Å². The highest BCUT2D eigenvalue weighted by Gasteiger charge is 1.90. The lowest BCUT2D eigenvalue weighted by Gasteiger charge is -1.99. The van der Waals surface area contributed by atoms with Crippen molar-refractivity contribution in [3.63, 3.8) is 0 Å². The van der Waals surface area contributed by atoms with Crippen LogP contribution in [0.5, 0.6) is 0 Å². The number of benzene rings is 2. The predicted octanol–water partition coefficient (Wildman–Crippen LogP) is 4.13. The lowest BCUT2D eigenvalue weighted by molar-refractivity contribution is 0.748. The number of nitrogens with one attached hydrogen (secondary N) is 1. The van der Waals surface area contributed by atoms with E-state index in [4.69, 9.17) is 11.6 Å². The molecule has 1 N–H and O–H groups in total. The van der Waals surface area contributed by atoms with Gasteiger partial charge in [0.1, 0.15) is 0 Å². The molecule has 0 saturated carbocycles. The maximum absolute atomic E-state index is 5.81. The number of allylic oxidation sites excluding steroid dienone is 1. The summed E-state index contributed by atoms with van der Waals surface area (Å²) >= 11 is 5.81. The van der Waals surface area contributed by atoms with Crippen molar-refractivity contribution in [1.29, 1.82) is 0 Å². The number of rotatable bonds is 5. The Labute approximate surface area is 118 Å². The second kappa shape index (κ2) is 7.39. The van der Waals surface area contributed by atoms with E-state index in [1.165, 1.54) is 0 Å². The molecule has 0 bridgehead atoms. The number of nitrogens with zero attached hydrogens (tertiary/aromatic N) is 1. The molecule has 2 aromatic rings. The predicted molar refractivity (Wildman–Crippen MR) is 82.3 cm³/mol. The minimum atomic E-state index is 0.687. The van der Waals surface area contributed by atoms with Crippen molar-refractivity contribution < 1.29 is 0 Å². The van der Waals surface area contributed by atoms with Crippen LogP contribution in [0, 0.1) is 0 Å². The van der Waals surface area contributed by atoms with Gasteiger partial charge >= 0.3 is 0 Å². The number of hydrogen-bond acceptors (Lipinski definition) is 2. The van der Waals surface area contributed by atoms with Crippen molar-refractivity contribution in [2.75, 3.05) is 0 Å². The summed E-state index contributed by atoms with van der Waals surface area (Å²) in [7, 11) is 0. The summed E-state index contributed by atoms with van der Waals surface area (Å²) in [4.78, 5) is 0. The lowest BCUT2D eigenvalue weighted by atomic mass is 10.2. The molecule has 2 aromatic carbocycles. The van der Waals surface area contributed by atoms with Crippen LogP contribution in [0.25, 0.3) is 6.08 Å². The van der Waals surface area contributed by atoms with Gasteiger partial charge in [0, 0.05) is 11.2 Å². The summed E-state index contributed by atoms with van der Waals surface area (Å²) in [5.41, 5.74) is 5.29. The number of hydrazone groups is 1. The minimum Gasteiger partial charge on any atom is -0.306 e. The Morgan fingerprint density at radius 2 is 1.74 bits per heavy atom. The van der Waals surface area contributed by atoms with Crippen LogP contribution in [0.15, 0.2) is 65.8 Å². The zero-order valence-corrected chi connectivity index (χ0v) is 11.2. The zero-order chi connectivity index (χ0) is 13.3. The Bertz CT molecular complexity index is 545. The smallest absolute Gasteiger partial charge is 0.0580 e. The molecule has 0 heterocycles. The van der Waals surface area contributed by atoms with E-state index in [-0.39, 0.29) is 0 Å². The van der Waals surface area contributed by atoms with Gasteiger partial charge in [-0.2, -0.15) is 5.10 Å². The van der Waals surface area contributed by atoms with Gasteiger partial charge in [-0.05, 0) is 29.3 Å². The van der Waals surface area contributed by atoms with Gasteiger partial charge in [0.25, 0.3) is 0 Å². The average molecular weight is 271 g/mol. The molecule has 0 saturated heterocycles.